The van der Waals surface area contributed by atoms with Gasteiger partial charge in [0, 0.05) is 12.3 Å². The third kappa shape index (κ3) is 1.52. The van der Waals surface area contributed by atoms with E-state index in [1.807, 2.05) is 0 Å². The van der Waals surface area contributed by atoms with Gasteiger partial charge >= 0.3 is 12.1 Å². The van der Waals surface area contributed by atoms with Crippen molar-refractivity contribution in [3.8, 4) is 0 Å². The summed E-state index contributed by atoms with van der Waals surface area (Å²) in [6.45, 7) is 0. The third-order valence-corrected chi connectivity index (χ3v) is 1.66. The summed E-state index contributed by atoms with van der Waals surface area (Å²) in [5.41, 5.74) is -0.188. The molecule has 2 heterocycles. The minimum atomic E-state index is -4.60. The van der Waals surface area contributed by atoms with Crippen LogP contribution in [0.1, 0.15) is 5.89 Å². The summed E-state index contributed by atoms with van der Waals surface area (Å²) in [5.74, 6) is -1.32. The van der Waals surface area contributed by atoms with Crippen molar-refractivity contribution in [2.75, 3.05) is 0 Å². The van der Waals surface area contributed by atoms with Crippen LogP contribution in [-0.4, -0.2) is 9.97 Å². The van der Waals surface area contributed by atoms with Gasteiger partial charge in [0.15, 0.2) is 11.2 Å². The summed E-state index contributed by atoms with van der Waals surface area (Å²) in [4.78, 5) is 6.74. The van der Waals surface area contributed by atoms with E-state index in [0.29, 0.717) is 0 Å². The molecule has 0 aromatic carbocycles. The zero-order valence-corrected chi connectivity index (χ0v) is 7.23. The van der Waals surface area contributed by atoms with Crippen LogP contribution < -0.4 is 0 Å². The fourth-order valence-corrected chi connectivity index (χ4v) is 1.06. The number of nitrogens with zero attached hydrogens (tertiary/aromatic N) is 2. The number of fused-ring (bicyclic) bond motifs is 1. The molecule has 0 saturated carbocycles. The van der Waals surface area contributed by atoms with Gasteiger partial charge in [0.1, 0.15) is 0 Å². The van der Waals surface area contributed by atoms with Crippen LogP contribution in [0.5, 0.6) is 0 Å². The van der Waals surface area contributed by atoms with Crippen molar-refractivity contribution in [3.63, 3.8) is 0 Å². The summed E-state index contributed by atoms with van der Waals surface area (Å²) in [7, 11) is 0. The van der Waals surface area contributed by atoms with Crippen LogP contribution in [0, 0.1) is 0 Å². The SMILES string of the molecule is FC(F)(F)c1nc2ncc(Cl)cc2o1. The number of oxazole rings is 1. The molecule has 0 atom stereocenters. The number of pyridine rings is 1. The van der Waals surface area contributed by atoms with E-state index < -0.39 is 12.1 Å². The molecule has 2 aromatic heterocycles. The first-order valence-electron chi connectivity index (χ1n) is 3.46. The number of rotatable bonds is 0. The van der Waals surface area contributed by atoms with Gasteiger partial charge in [-0.1, -0.05) is 11.6 Å². The average molecular weight is 223 g/mol. The molecule has 7 heteroatoms. The molecule has 0 aliphatic rings. The molecule has 0 aliphatic heterocycles. The Hall–Kier alpha value is -1.30. The second-order valence-corrected chi connectivity index (χ2v) is 2.93. The highest BCUT2D eigenvalue weighted by molar-refractivity contribution is 6.30. The molecule has 0 unspecified atom stereocenters. The van der Waals surface area contributed by atoms with E-state index in [0.717, 1.165) is 0 Å². The summed E-state index contributed by atoms with van der Waals surface area (Å²) in [5, 5.41) is 0.197. The first kappa shape index (κ1) is 9.26. The molecule has 0 radical (unpaired) electrons. The largest absolute Gasteiger partial charge is 0.469 e. The molecule has 3 nitrogen and oxygen atoms in total. The van der Waals surface area contributed by atoms with Gasteiger partial charge in [-0.2, -0.15) is 18.2 Å². The van der Waals surface area contributed by atoms with Gasteiger partial charge in [-0.15, -0.1) is 0 Å². The van der Waals surface area contributed by atoms with Crippen molar-refractivity contribution in [2.24, 2.45) is 0 Å². The molecule has 0 amide bonds. The highest BCUT2D eigenvalue weighted by Crippen LogP contribution is 2.30. The lowest BCUT2D eigenvalue weighted by molar-refractivity contribution is -0.156. The van der Waals surface area contributed by atoms with Crippen molar-refractivity contribution in [1.29, 1.82) is 0 Å². The maximum absolute atomic E-state index is 12.1. The first-order valence-corrected chi connectivity index (χ1v) is 3.84. The van der Waals surface area contributed by atoms with Gasteiger partial charge in [-0.05, 0) is 0 Å². The fourth-order valence-electron chi connectivity index (χ4n) is 0.917. The average Bonchev–Trinajstić information content (AvgIpc) is 2.45. The van der Waals surface area contributed by atoms with Gasteiger partial charge < -0.3 is 4.42 Å². The van der Waals surface area contributed by atoms with Gasteiger partial charge in [-0.3, -0.25) is 0 Å². The molecule has 0 N–H and O–H groups in total. The summed E-state index contributed by atoms with van der Waals surface area (Å²) >= 11 is 5.51. The topological polar surface area (TPSA) is 38.9 Å². The molecule has 14 heavy (non-hydrogen) atoms. The van der Waals surface area contributed by atoms with Crippen molar-refractivity contribution in [2.45, 2.75) is 6.18 Å². The van der Waals surface area contributed by atoms with E-state index in [2.05, 4.69) is 14.4 Å². The van der Waals surface area contributed by atoms with Crippen LogP contribution in [0.3, 0.4) is 0 Å². The lowest BCUT2D eigenvalue weighted by Gasteiger charge is -1.96. The predicted molar refractivity (Wildman–Crippen MR) is 41.8 cm³/mol. The Bertz CT molecular complexity index is 479. The minimum absolute atomic E-state index is 0.0789. The number of hydrogen-bond donors (Lipinski definition) is 0. The van der Waals surface area contributed by atoms with E-state index in [4.69, 9.17) is 11.6 Å². The van der Waals surface area contributed by atoms with Crippen molar-refractivity contribution < 1.29 is 17.6 Å². The monoisotopic (exact) mass is 222 g/mol. The highest BCUT2D eigenvalue weighted by Gasteiger charge is 2.37. The van der Waals surface area contributed by atoms with Gasteiger partial charge in [-0.25, -0.2) is 4.98 Å². The second kappa shape index (κ2) is 2.84. The zero-order valence-electron chi connectivity index (χ0n) is 6.47. The molecule has 74 valence electrons. The Morgan fingerprint density at radius 3 is 2.71 bits per heavy atom. The molecule has 0 fully saturated rings. The minimum Gasteiger partial charge on any atom is -0.431 e. The Balaban J connectivity index is 2.63. The molecular weight excluding hydrogens is 221 g/mol. The molecule has 0 saturated heterocycles. The Labute approximate surface area is 80.5 Å². The van der Waals surface area contributed by atoms with Crippen molar-refractivity contribution in [3.05, 3.63) is 23.2 Å². The van der Waals surface area contributed by atoms with Crippen LogP contribution in [0.25, 0.3) is 11.2 Å². The standard InChI is InChI=1S/C7H2ClF3N2O/c8-3-1-4-5(12-2-3)13-6(14-4)7(9,10)11/h1-2H. The molecular formula is C7H2ClF3N2O. The van der Waals surface area contributed by atoms with E-state index >= 15 is 0 Å². The summed E-state index contributed by atoms with van der Waals surface area (Å²) < 4.78 is 40.8. The number of halogens is 4. The maximum atomic E-state index is 12.1. The van der Waals surface area contributed by atoms with Crippen LogP contribution in [0.15, 0.2) is 16.7 Å². The Morgan fingerprint density at radius 2 is 2.07 bits per heavy atom. The summed E-state index contributed by atoms with van der Waals surface area (Å²) in [6.07, 6.45) is -3.40. The van der Waals surface area contributed by atoms with Crippen LogP contribution >= 0.6 is 11.6 Å². The normalized spacial score (nSPS) is 12.3. The predicted octanol–water partition coefficient (Wildman–Crippen LogP) is 2.90. The molecule has 2 aromatic rings. The fraction of sp³-hybridized carbons (Fsp3) is 0.143. The van der Waals surface area contributed by atoms with Gasteiger partial charge in [0.05, 0.1) is 5.02 Å². The number of aromatic nitrogens is 2. The zero-order chi connectivity index (χ0) is 10.3. The molecule has 0 bridgehead atoms. The van der Waals surface area contributed by atoms with Crippen LogP contribution in [0.2, 0.25) is 5.02 Å². The van der Waals surface area contributed by atoms with E-state index in [9.17, 15) is 13.2 Å². The van der Waals surface area contributed by atoms with Crippen molar-refractivity contribution >= 4 is 22.8 Å². The van der Waals surface area contributed by atoms with Crippen molar-refractivity contribution in [1.82, 2.24) is 9.97 Å². The van der Waals surface area contributed by atoms with E-state index in [1.54, 1.807) is 0 Å². The number of hydrogen-bond acceptors (Lipinski definition) is 3. The highest BCUT2D eigenvalue weighted by atomic mass is 35.5. The molecule has 2 rings (SSSR count). The lowest BCUT2D eigenvalue weighted by atomic mass is 10.5. The molecule has 0 spiro atoms. The van der Waals surface area contributed by atoms with Gasteiger partial charge in [0.25, 0.3) is 0 Å². The second-order valence-electron chi connectivity index (χ2n) is 2.49. The molecule has 0 aliphatic carbocycles. The third-order valence-electron chi connectivity index (χ3n) is 1.46. The Kier molecular flexibility index (Phi) is 1.88. The number of alkyl halides is 3. The lowest BCUT2D eigenvalue weighted by Crippen LogP contribution is -2.04. The first-order chi connectivity index (χ1) is 6.47. The van der Waals surface area contributed by atoms with E-state index in [1.165, 1.54) is 12.3 Å². The quantitative estimate of drug-likeness (QED) is 0.688. The maximum Gasteiger partial charge on any atom is 0.469 e. The van der Waals surface area contributed by atoms with Gasteiger partial charge in [0.2, 0.25) is 0 Å². The van der Waals surface area contributed by atoms with Crippen LogP contribution in [0.4, 0.5) is 13.2 Å². The smallest absolute Gasteiger partial charge is 0.431 e. The van der Waals surface area contributed by atoms with Crippen LogP contribution in [-0.2, 0) is 6.18 Å². The van der Waals surface area contributed by atoms with E-state index in [-0.39, 0.29) is 16.3 Å². The Morgan fingerprint density at radius 1 is 1.36 bits per heavy atom. The summed E-state index contributed by atoms with van der Waals surface area (Å²) in [6, 6.07) is 1.23.